The van der Waals surface area contributed by atoms with Crippen LogP contribution in [0.2, 0.25) is 0 Å². The summed E-state index contributed by atoms with van der Waals surface area (Å²) in [5, 5.41) is 11.5. The highest BCUT2D eigenvalue weighted by Gasteiger charge is 2.32. The van der Waals surface area contributed by atoms with E-state index in [1.807, 2.05) is 24.3 Å². The van der Waals surface area contributed by atoms with Crippen LogP contribution in [0.1, 0.15) is 19.3 Å². The van der Waals surface area contributed by atoms with E-state index in [2.05, 4.69) is 28.9 Å². The molecule has 1 aromatic rings. The summed E-state index contributed by atoms with van der Waals surface area (Å²) < 4.78 is 5.32. The standard InChI is InChI=1S/C19H24N4O3S/c20-8-5-14-6-9-22(10-7-14)15-1-3-16(4-2-15)23-12-17(26-19(23)25)11-21-18(24)13-27/h1-4,14,17,27H,5-7,9-13H2,(H,21,24). The quantitative estimate of drug-likeness (QED) is 0.730. The molecule has 3 rings (SSSR count). The Labute approximate surface area is 164 Å². The third kappa shape index (κ3) is 4.86. The second kappa shape index (κ2) is 9.00. The van der Waals surface area contributed by atoms with Crippen molar-refractivity contribution in [1.29, 1.82) is 5.26 Å². The molecule has 0 spiro atoms. The van der Waals surface area contributed by atoms with E-state index in [1.165, 1.54) is 0 Å². The summed E-state index contributed by atoms with van der Waals surface area (Å²) in [4.78, 5) is 27.3. The lowest BCUT2D eigenvalue weighted by atomic mass is 9.94. The number of cyclic esters (lactones) is 1. The zero-order valence-electron chi connectivity index (χ0n) is 15.1. The summed E-state index contributed by atoms with van der Waals surface area (Å²) in [6.07, 6.45) is 1.95. The number of piperidine rings is 1. The van der Waals surface area contributed by atoms with Crippen molar-refractivity contribution in [3.8, 4) is 6.07 Å². The smallest absolute Gasteiger partial charge is 0.414 e. The molecule has 144 valence electrons. The number of nitriles is 1. The minimum Gasteiger partial charge on any atom is -0.442 e. The fraction of sp³-hybridized carbons (Fsp3) is 0.526. The molecule has 27 heavy (non-hydrogen) atoms. The lowest BCUT2D eigenvalue weighted by Crippen LogP contribution is -2.35. The highest BCUT2D eigenvalue weighted by Crippen LogP contribution is 2.28. The summed E-state index contributed by atoms with van der Waals surface area (Å²) in [5.74, 6) is 0.431. The second-order valence-electron chi connectivity index (χ2n) is 6.89. The van der Waals surface area contributed by atoms with Crippen LogP contribution in [0.4, 0.5) is 16.2 Å². The van der Waals surface area contributed by atoms with Gasteiger partial charge in [-0.25, -0.2) is 4.79 Å². The molecule has 2 aliphatic rings. The molecule has 1 N–H and O–H groups in total. The molecule has 0 aromatic heterocycles. The average molecular weight is 388 g/mol. The summed E-state index contributed by atoms with van der Waals surface area (Å²) in [6.45, 7) is 2.59. The molecule has 2 amide bonds. The summed E-state index contributed by atoms with van der Waals surface area (Å²) in [7, 11) is 0. The van der Waals surface area contributed by atoms with E-state index in [0.717, 1.165) is 37.3 Å². The van der Waals surface area contributed by atoms with E-state index in [-0.39, 0.29) is 24.3 Å². The predicted octanol–water partition coefficient (Wildman–Crippen LogP) is 2.19. The molecular weight excluding hydrogens is 364 g/mol. The van der Waals surface area contributed by atoms with Gasteiger partial charge < -0.3 is 15.0 Å². The van der Waals surface area contributed by atoms with Crippen LogP contribution in [-0.2, 0) is 9.53 Å². The van der Waals surface area contributed by atoms with Gasteiger partial charge in [-0.05, 0) is 43.0 Å². The first-order chi connectivity index (χ1) is 13.1. The van der Waals surface area contributed by atoms with Crippen molar-refractivity contribution in [3.63, 3.8) is 0 Å². The minimum atomic E-state index is -0.398. The molecule has 2 saturated heterocycles. The zero-order valence-corrected chi connectivity index (χ0v) is 16.0. The molecule has 1 atom stereocenters. The molecule has 0 saturated carbocycles. The Bertz CT molecular complexity index is 711. The van der Waals surface area contributed by atoms with Gasteiger partial charge in [0, 0.05) is 30.9 Å². The van der Waals surface area contributed by atoms with E-state index >= 15 is 0 Å². The van der Waals surface area contributed by atoms with Gasteiger partial charge in [-0.15, -0.1) is 0 Å². The molecule has 0 aliphatic carbocycles. The molecular formula is C19H24N4O3S. The van der Waals surface area contributed by atoms with Crippen molar-refractivity contribution in [2.24, 2.45) is 5.92 Å². The first-order valence-corrected chi connectivity index (χ1v) is 9.81. The minimum absolute atomic E-state index is 0.111. The van der Waals surface area contributed by atoms with Crippen molar-refractivity contribution in [1.82, 2.24) is 5.32 Å². The van der Waals surface area contributed by atoms with Gasteiger partial charge in [-0.3, -0.25) is 9.69 Å². The van der Waals surface area contributed by atoms with Crippen molar-refractivity contribution >= 4 is 36.0 Å². The first kappa shape index (κ1) is 19.4. The number of carbonyl (C=O) groups excluding carboxylic acids is 2. The number of nitrogens with zero attached hydrogens (tertiary/aromatic N) is 3. The van der Waals surface area contributed by atoms with Crippen molar-refractivity contribution in [2.45, 2.75) is 25.4 Å². The van der Waals surface area contributed by atoms with Gasteiger partial charge in [0.2, 0.25) is 5.91 Å². The maximum Gasteiger partial charge on any atom is 0.414 e. The molecule has 7 nitrogen and oxygen atoms in total. The van der Waals surface area contributed by atoms with E-state index in [4.69, 9.17) is 10.00 Å². The molecule has 2 fully saturated rings. The fourth-order valence-corrected chi connectivity index (χ4v) is 3.60. The Morgan fingerprint density at radius 3 is 2.56 bits per heavy atom. The molecule has 1 unspecified atom stereocenters. The van der Waals surface area contributed by atoms with Gasteiger partial charge in [-0.1, -0.05) is 0 Å². The molecule has 0 bridgehead atoms. The van der Waals surface area contributed by atoms with Crippen LogP contribution in [0.5, 0.6) is 0 Å². The van der Waals surface area contributed by atoms with Crippen LogP contribution < -0.4 is 15.1 Å². The molecule has 2 heterocycles. The predicted molar refractivity (Wildman–Crippen MR) is 106 cm³/mol. The van der Waals surface area contributed by atoms with Gasteiger partial charge in [0.15, 0.2) is 0 Å². The van der Waals surface area contributed by atoms with E-state index < -0.39 is 6.09 Å². The topological polar surface area (TPSA) is 85.7 Å². The third-order valence-electron chi connectivity index (χ3n) is 5.07. The Morgan fingerprint density at radius 1 is 1.26 bits per heavy atom. The maximum absolute atomic E-state index is 12.1. The van der Waals surface area contributed by atoms with Crippen LogP contribution in [0, 0.1) is 17.2 Å². The Morgan fingerprint density at radius 2 is 1.93 bits per heavy atom. The Balaban J connectivity index is 1.55. The van der Waals surface area contributed by atoms with Gasteiger partial charge in [0.25, 0.3) is 0 Å². The Hall–Kier alpha value is -2.40. The summed E-state index contributed by atoms with van der Waals surface area (Å²) >= 11 is 3.90. The zero-order chi connectivity index (χ0) is 19.2. The van der Waals surface area contributed by atoms with Gasteiger partial charge >= 0.3 is 6.09 Å². The Kier molecular flexibility index (Phi) is 6.45. The maximum atomic E-state index is 12.1. The van der Waals surface area contributed by atoms with Gasteiger partial charge in [0.1, 0.15) is 6.10 Å². The number of hydrogen-bond donors (Lipinski definition) is 2. The molecule has 0 radical (unpaired) electrons. The number of nitrogens with one attached hydrogen (secondary N) is 1. The van der Waals surface area contributed by atoms with Gasteiger partial charge in [0.05, 0.1) is 24.9 Å². The lowest BCUT2D eigenvalue weighted by Gasteiger charge is -2.33. The first-order valence-electron chi connectivity index (χ1n) is 9.18. The number of thiol groups is 1. The van der Waals surface area contributed by atoms with Crippen molar-refractivity contribution in [3.05, 3.63) is 24.3 Å². The number of rotatable bonds is 6. The normalized spacial score (nSPS) is 20.3. The SMILES string of the molecule is N#CCC1CCN(c2ccc(N3CC(CNC(=O)CS)OC3=O)cc2)CC1. The van der Waals surface area contributed by atoms with E-state index in [0.29, 0.717) is 18.9 Å². The monoisotopic (exact) mass is 388 g/mol. The van der Waals surface area contributed by atoms with Crippen LogP contribution >= 0.6 is 12.6 Å². The van der Waals surface area contributed by atoms with Crippen molar-refractivity contribution in [2.75, 3.05) is 41.7 Å². The molecule has 1 aromatic carbocycles. The third-order valence-corrected chi connectivity index (χ3v) is 5.35. The number of hydrogen-bond acceptors (Lipinski definition) is 6. The van der Waals surface area contributed by atoms with Crippen LogP contribution in [-0.4, -0.2) is 50.0 Å². The highest BCUT2D eigenvalue weighted by molar-refractivity contribution is 7.81. The molecule has 8 heteroatoms. The number of amides is 2. The second-order valence-corrected chi connectivity index (χ2v) is 7.20. The van der Waals surface area contributed by atoms with Crippen molar-refractivity contribution < 1.29 is 14.3 Å². The van der Waals surface area contributed by atoms with Crippen LogP contribution in [0.15, 0.2) is 24.3 Å². The van der Waals surface area contributed by atoms with Crippen LogP contribution in [0.25, 0.3) is 0 Å². The summed E-state index contributed by atoms with van der Waals surface area (Å²) in [6, 6.07) is 10.1. The number of benzene rings is 1. The van der Waals surface area contributed by atoms with E-state index in [9.17, 15) is 9.59 Å². The largest absolute Gasteiger partial charge is 0.442 e. The highest BCUT2D eigenvalue weighted by atomic mass is 32.1. The van der Waals surface area contributed by atoms with Gasteiger partial charge in [-0.2, -0.15) is 17.9 Å². The molecule has 2 aliphatic heterocycles. The fourth-order valence-electron chi connectivity index (χ4n) is 3.49. The average Bonchev–Trinajstić information content (AvgIpc) is 3.08. The van der Waals surface area contributed by atoms with E-state index in [1.54, 1.807) is 4.90 Å². The summed E-state index contributed by atoms with van der Waals surface area (Å²) in [5.41, 5.74) is 1.91. The lowest BCUT2D eigenvalue weighted by molar-refractivity contribution is -0.118. The number of carbonyl (C=O) groups is 2. The van der Waals surface area contributed by atoms with Crippen LogP contribution in [0.3, 0.4) is 0 Å². The number of anilines is 2. The number of ether oxygens (including phenoxy) is 1.